The molecule has 1 heterocycles. The van der Waals surface area contributed by atoms with Gasteiger partial charge < -0.3 is 15.0 Å². The first-order chi connectivity index (χ1) is 14.8. The number of nitrogens with one attached hydrogen (secondary N) is 1. The molecule has 0 spiro atoms. The highest BCUT2D eigenvalue weighted by Crippen LogP contribution is 2.35. The molecule has 8 heteroatoms. The molecule has 0 unspecified atom stereocenters. The van der Waals surface area contributed by atoms with Crippen LogP contribution in [0.15, 0.2) is 48.7 Å². The second-order valence-electron chi connectivity index (χ2n) is 7.09. The van der Waals surface area contributed by atoms with Crippen molar-refractivity contribution in [2.24, 2.45) is 0 Å². The zero-order valence-electron chi connectivity index (χ0n) is 17.5. The third kappa shape index (κ3) is 6.24. The van der Waals surface area contributed by atoms with E-state index in [2.05, 4.69) is 33.8 Å². The molecular weight excluding hydrogens is 427 g/mol. The Kier molecular flexibility index (Phi) is 7.62. The smallest absolute Gasteiger partial charge is 0.406 e. The van der Waals surface area contributed by atoms with Crippen LogP contribution in [0.3, 0.4) is 0 Å². The number of alkyl halides is 3. The Bertz CT molecular complexity index is 1010. The van der Waals surface area contributed by atoms with Gasteiger partial charge in [0, 0.05) is 28.7 Å². The van der Waals surface area contributed by atoms with E-state index in [1.165, 1.54) is 12.1 Å². The minimum Gasteiger partial charge on any atom is -0.406 e. The van der Waals surface area contributed by atoms with Gasteiger partial charge in [-0.05, 0) is 62.0 Å². The maximum atomic E-state index is 12.5. The van der Waals surface area contributed by atoms with Gasteiger partial charge in [0.2, 0.25) is 0 Å². The highest BCUT2D eigenvalue weighted by Gasteiger charge is 2.31. The lowest BCUT2D eigenvalue weighted by Crippen LogP contribution is -2.25. The van der Waals surface area contributed by atoms with Crippen LogP contribution in [-0.4, -0.2) is 42.4 Å². The fourth-order valence-corrected chi connectivity index (χ4v) is 3.63. The van der Waals surface area contributed by atoms with Crippen molar-refractivity contribution in [2.45, 2.75) is 26.6 Å². The number of aromatic nitrogens is 1. The number of hydrogen-bond acceptors (Lipinski definition) is 4. The second kappa shape index (κ2) is 10.2. The lowest BCUT2D eigenvalue weighted by atomic mass is 10.0. The van der Waals surface area contributed by atoms with Gasteiger partial charge in [0.15, 0.2) is 0 Å². The molecule has 1 aromatic heterocycles. The van der Waals surface area contributed by atoms with Crippen molar-refractivity contribution in [1.82, 2.24) is 9.88 Å². The maximum Gasteiger partial charge on any atom is 0.573 e. The van der Waals surface area contributed by atoms with Crippen molar-refractivity contribution in [3.05, 3.63) is 53.7 Å². The summed E-state index contributed by atoms with van der Waals surface area (Å²) in [5, 5.41) is 5.00. The van der Waals surface area contributed by atoms with Crippen molar-refractivity contribution in [3.63, 3.8) is 0 Å². The highest BCUT2D eigenvalue weighted by molar-refractivity contribution is 6.31. The Morgan fingerprint density at radius 1 is 1.06 bits per heavy atom. The monoisotopic (exact) mass is 451 g/mol. The Labute approximate surface area is 185 Å². The fraction of sp³-hybridized carbons (Fsp3) is 0.348. The van der Waals surface area contributed by atoms with Crippen LogP contribution >= 0.6 is 11.6 Å². The van der Waals surface area contributed by atoms with Gasteiger partial charge in [-0.2, -0.15) is 0 Å². The Morgan fingerprint density at radius 3 is 2.42 bits per heavy atom. The quantitative estimate of drug-likeness (QED) is 0.372. The molecule has 166 valence electrons. The molecule has 2 aromatic carbocycles. The summed E-state index contributed by atoms with van der Waals surface area (Å²) in [5.74, 6) is -0.259. The average molecular weight is 452 g/mol. The van der Waals surface area contributed by atoms with E-state index in [1.54, 1.807) is 30.5 Å². The predicted molar refractivity (Wildman–Crippen MR) is 120 cm³/mol. The summed E-state index contributed by atoms with van der Waals surface area (Å²) in [7, 11) is 0. The number of pyridine rings is 1. The summed E-state index contributed by atoms with van der Waals surface area (Å²) in [6, 6.07) is 11.3. The Hall–Kier alpha value is -2.51. The van der Waals surface area contributed by atoms with Crippen molar-refractivity contribution >= 4 is 28.2 Å². The molecule has 4 nitrogen and oxygen atoms in total. The van der Waals surface area contributed by atoms with E-state index >= 15 is 0 Å². The number of benzene rings is 2. The number of nitrogens with zero attached hydrogens (tertiary/aromatic N) is 2. The lowest BCUT2D eigenvalue weighted by Gasteiger charge is -2.19. The minimum atomic E-state index is -4.72. The fourth-order valence-electron chi connectivity index (χ4n) is 3.47. The molecule has 3 aromatic rings. The SMILES string of the molecule is CCN(CC)CCCNc1c(-c2ccc(OC(F)(F)F)cc2)cnc2cc(Cl)ccc12. The number of fused-ring (bicyclic) bond motifs is 1. The standard InChI is InChI=1S/C23H25ClF3N3O/c1-3-30(4-2)13-5-12-28-22-19-11-8-17(24)14-21(19)29-15-20(22)16-6-9-18(10-7-16)31-23(25,26)27/h6-11,14-15H,3-5,12-13H2,1-2H3,(H,28,29). The second-order valence-corrected chi connectivity index (χ2v) is 7.52. The van der Waals surface area contributed by atoms with Crippen molar-refractivity contribution in [3.8, 4) is 16.9 Å². The van der Waals surface area contributed by atoms with Gasteiger partial charge in [0.25, 0.3) is 0 Å². The van der Waals surface area contributed by atoms with Crippen molar-refractivity contribution < 1.29 is 17.9 Å². The highest BCUT2D eigenvalue weighted by atomic mass is 35.5. The summed E-state index contributed by atoms with van der Waals surface area (Å²) in [6.07, 6.45) is -2.05. The summed E-state index contributed by atoms with van der Waals surface area (Å²) < 4.78 is 41.4. The van der Waals surface area contributed by atoms with Crippen LogP contribution in [0, 0.1) is 0 Å². The van der Waals surface area contributed by atoms with Gasteiger partial charge >= 0.3 is 6.36 Å². The van der Waals surface area contributed by atoms with Crippen LogP contribution < -0.4 is 10.1 Å². The first-order valence-electron chi connectivity index (χ1n) is 10.2. The molecule has 0 aliphatic carbocycles. The van der Waals surface area contributed by atoms with Crippen LogP contribution in [0.1, 0.15) is 20.3 Å². The van der Waals surface area contributed by atoms with Gasteiger partial charge in [0.05, 0.1) is 11.2 Å². The van der Waals surface area contributed by atoms with E-state index in [9.17, 15) is 13.2 Å². The normalized spacial score (nSPS) is 11.8. The van der Waals surface area contributed by atoms with E-state index in [1.807, 2.05) is 6.07 Å². The molecule has 1 N–H and O–H groups in total. The largest absolute Gasteiger partial charge is 0.573 e. The van der Waals surface area contributed by atoms with E-state index in [4.69, 9.17) is 11.6 Å². The topological polar surface area (TPSA) is 37.4 Å². The zero-order chi connectivity index (χ0) is 22.4. The molecule has 0 bridgehead atoms. The third-order valence-corrected chi connectivity index (χ3v) is 5.31. The molecule has 3 rings (SSSR count). The molecule has 0 aliphatic heterocycles. The van der Waals surface area contributed by atoms with Crippen LogP contribution in [0.5, 0.6) is 5.75 Å². The van der Waals surface area contributed by atoms with Crippen LogP contribution in [0.25, 0.3) is 22.0 Å². The summed E-state index contributed by atoms with van der Waals surface area (Å²) in [4.78, 5) is 6.85. The van der Waals surface area contributed by atoms with Gasteiger partial charge in [-0.1, -0.05) is 37.6 Å². The molecule has 31 heavy (non-hydrogen) atoms. The van der Waals surface area contributed by atoms with E-state index in [-0.39, 0.29) is 5.75 Å². The Balaban J connectivity index is 1.89. The van der Waals surface area contributed by atoms with Crippen LogP contribution in [0.2, 0.25) is 5.02 Å². The first kappa shape index (κ1) is 23.2. The average Bonchev–Trinajstić information content (AvgIpc) is 2.73. The summed E-state index contributed by atoms with van der Waals surface area (Å²) in [6.45, 7) is 8.02. The van der Waals surface area contributed by atoms with E-state index < -0.39 is 6.36 Å². The number of ether oxygens (including phenoxy) is 1. The minimum absolute atomic E-state index is 0.259. The molecule has 0 fully saturated rings. The number of halogens is 4. The van der Waals surface area contributed by atoms with Gasteiger partial charge in [-0.3, -0.25) is 4.98 Å². The van der Waals surface area contributed by atoms with Crippen molar-refractivity contribution in [2.75, 3.05) is 31.5 Å². The molecule has 0 saturated carbocycles. The first-order valence-corrected chi connectivity index (χ1v) is 10.6. The molecule has 0 radical (unpaired) electrons. The zero-order valence-corrected chi connectivity index (χ0v) is 18.2. The van der Waals surface area contributed by atoms with Gasteiger partial charge in [0.1, 0.15) is 5.75 Å². The van der Waals surface area contributed by atoms with E-state index in [0.29, 0.717) is 5.02 Å². The molecular formula is C23H25ClF3N3O. The van der Waals surface area contributed by atoms with Crippen LogP contribution in [0.4, 0.5) is 18.9 Å². The number of rotatable bonds is 9. The molecule has 0 amide bonds. The lowest BCUT2D eigenvalue weighted by molar-refractivity contribution is -0.274. The van der Waals surface area contributed by atoms with Crippen molar-refractivity contribution in [1.29, 1.82) is 0 Å². The third-order valence-electron chi connectivity index (χ3n) is 5.08. The van der Waals surface area contributed by atoms with Gasteiger partial charge in [-0.15, -0.1) is 13.2 Å². The van der Waals surface area contributed by atoms with Gasteiger partial charge in [-0.25, -0.2) is 0 Å². The molecule has 0 aliphatic rings. The molecule has 0 saturated heterocycles. The summed E-state index contributed by atoms with van der Waals surface area (Å²) >= 11 is 6.12. The Morgan fingerprint density at radius 2 is 1.77 bits per heavy atom. The predicted octanol–water partition coefficient (Wildman–Crippen LogP) is 6.60. The number of anilines is 1. The maximum absolute atomic E-state index is 12.5. The summed E-state index contributed by atoms with van der Waals surface area (Å²) in [5.41, 5.74) is 3.17. The van der Waals surface area contributed by atoms with E-state index in [0.717, 1.165) is 60.3 Å². The molecule has 0 atom stereocenters. The van der Waals surface area contributed by atoms with Crippen LogP contribution in [-0.2, 0) is 0 Å². The number of hydrogen-bond donors (Lipinski definition) is 1.